The van der Waals surface area contributed by atoms with E-state index in [0.29, 0.717) is 11.9 Å². The highest BCUT2D eigenvalue weighted by molar-refractivity contribution is 5.59. The Hall–Kier alpha value is -1.98. The SMILES string of the molecule is COc1ccc(-c2ccc([C@H](C)N3CCOCC3)cc2)nn1. The summed E-state index contributed by atoms with van der Waals surface area (Å²) < 4.78 is 10.4. The topological polar surface area (TPSA) is 47.5 Å². The van der Waals surface area contributed by atoms with Crippen molar-refractivity contribution < 1.29 is 9.47 Å². The van der Waals surface area contributed by atoms with Crippen LogP contribution in [0.1, 0.15) is 18.5 Å². The van der Waals surface area contributed by atoms with Crippen molar-refractivity contribution in [2.45, 2.75) is 13.0 Å². The van der Waals surface area contributed by atoms with Crippen LogP contribution >= 0.6 is 0 Å². The molecular weight excluding hydrogens is 278 g/mol. The molecule has 1 aromatic carbocycles. The molecule has 1 saturated heterocycles. The van der Waals surface area contributed by atoms with Crippen molar-refractivity contribution in [2.75, 3.05) is 33.4 Å². The minimum Gasteiger partial charge on any atom is -0.480 e. The molecule has 1 fully saturated rings. The Kier molecular flexibility index (Phi) is 4.65. The van der Waals surface area contributed by atoms with Crippen LogP contribution in [0.25, 0.3) is 11.3 Å². The number of ether oxygens (including phenoxy) is 2. The fourth-order valence-corrected chi connectivity index (χ4v) is 2.69. The van der Waals surface area contributed by atoms with E-state index in [1.54, 1.807) is 7.11 Å². The van der Waals surface area contributed by atoms with Crippen LogP contribution in [-0.2, 0) is 4.74 Å². The minimum atomic E-state index is 0.403. The van der Waals surface area contributed by atoms with Crippen LogP contribution in [0.4, 0.5) is 0 Å². The Bertz CT molecular complexity index is 592. The molecular formula is C17H21N3O2. The van der Waals surface area contributed by atoms with Crippen LogP contribution in [0.2, 0.25) is 0 Å². The van der Waals surface area contributed by atoms with Crippen molar-refractivity contribution in [1.82, 2.24) is 15.1 Å². The smallest absolute Gasteiger partial charge is 0.233 e. The van der Waals surface area contributed by atoms with E-state index in [4.69, 9.17) is 9.47 Å². The molecule has 1 aromatic heterocycles. The molecule has 3 rings (SSSR count). The van der Waals surface area contributed by atoms with Gasteiger partial charge >= 0.3 is 0 Å². The van der Waals surface area contributed by atoms with Gasteiger partial charge in [0, 0.05) is 30.8 Å². The summed E-state index contributed by atoms with van der Waals surface area (Å²) in [5, 5.41) is 8.19. The van der Waals surface area contributed by atoms with Crippen molar-refractivity contribution in [3.63, 3.8) is 0 Å². The quantitative estimate of drug-likeness (QED) is 0.868. The molecule has 1 aliphatic rings. The molecule has 2 heterocycles. The maximum atomic E-state index is 5.41. The second-order valence-electron chi connectivity index (χ2n) is 5.41. The summed E-state index contributed by atoms with van der Waals surface area (Å²) in [7, 11) is 1.59. The van der Waals surface area contributed by atoms with Crippen LogP contribution in [0, 0.1) is 0 Å². The van der Waals surface area contributed by atoms with Crippen LogP contribution in [0.15, 0.2) is 36.4 Å². The zero-order valence-electron chi connectivity index (χ0n) is 13.0. The highest BCUT2D eigenvalue weighted by Gasteiger charge is 2.18. The van der Waals surface area contributed by atoms with Gasteiger partial charge in [0.2, 0.25) is 5.88 Å². The van der Waals surface area contributed by atoms with Crippen LogP contribution in [0.5, 0.6) is 5.88 Å². The van der Waals surface area contributed by atoms with E-state index in [1.807, 2.05) is 12.1 Å². The van der Waals surface area contributed by atoms with Gasteiger partial charge in [-0.3, -0.25) is 4.90 Å². The number of hydrogen-bond donors (Lipinski definition) is 0. The third-order valence-corrected chi connectivity index (χ3v) is 4.13. The molecule has 0 unspecified atom stereocenters. The molecule has 0 spiro atoms. The molecule has 0 N–H and O–H groups in total. The van der Waals surface area contributed by atoms with E-state index in [9.17, 15) is 0 Å². The summed E-state index contributed by atoms with van der Waals surface area (Å²) in [6.07, 6.45) is 0. The molecule has 2 aromatic rings. The maximum absolute atomic E-state index is 5.41. The molecule has 5 nitrogen and oxygen atoms in total. The standard InChI is InChI=1S/C17H21N3O2/c1-13(20-9-11-22-12-10-20)14-3-5-15(6-4-14)16-7-8-17(21-2)19-18-16/h3-8,13H,9-12H2,1-2H3/t13-/m0/s1. The number of rotatable bonds is 4. The summed E-state index contributed by atoms with van der Waals surface area (Å²) in [6.45, 7) is 5.88. The molecule has 0 bridgehead atoms. The lowest BCUT2D eigenvalue weighted by molar-refractivity contribution is 0.0198. The van der Waals surface area contributed by atoms with Gasteiger partial charge in [-0.25, -0.2) is 0 Å². The monoisotopic (exact) mass is 299 g/mol. The van der Waals surface area contributed by atoms with Gasteiger partial charge < -0.3 is 9.47 Å². The maximum Gasteiger partial charge on any atom is 0.233 e. The Morgan fingerprint density at radius 1 is 1.05 bits per heavy atom. The Balaban J connectivity index is 1.73. The van der Waals surface area contributed by atoms with Crippen LogP contribution < -0.4 is 4.74 Å². The summed E-state index contributed by atoms with van der Waals surface area (Å²) in [5.41, 5.74) is 3.23. The van der Waals surface area contributed by atoms with Gasteiger partial charge in [0.1, 0.15) is 0 Å². The molecule has 1 aliphatic heterocycles. The second-order valence-corrected chi connectivity index (χ2v) is 5.41. The van der Waals surface area contributed by atoms with Crippen molar-refractivity contribution in [3.05, 3.63) is 42.0 Å². The lowest BCUT2D eigenvalue weighted by Gasteiger charge is -2.32. The predicted molar refractivity (Wildman–Crippen MR) is 84.8 cm³/mol. The number of nitrogens with zero attached hydrogens (tertiary/aromatic N) is 3. The van der Waals surface area contributed by atoms with Gasteiger partial charge in [-0.15, -0.1) is 10.2 Å². The summed E-state index contributed by atoms with van der Waals surface area (Å²) in [5.74, 6) is 0.529. The predicted octanol–water partition coefficient (Wildman–Crippen LogP) is 2.55. The third-order valence-electron chi connectivity index (χ3n) is 4.13. The first-order valence-corrected chi connectivity index (χ1v) is 7.58. The van der Waals surface area contributed by atoms with E-state index in [2.05, 4.69) is 46.3 Å². The first-order valence-electron chi connectivity index (χ1n) is 7.58. The fourth-order valence-electron chi connectivity index (χ4n) is 2.69. The molecule has 0 saturated carbocycles. The zero-order chi connectivity index (χ0) is 15.4. The molecule has 0 radical (unpaired) electrons. The van der Waals surface area contributed by atoms with Gasteiger partial charge in [0.25, 0.3) is 0 Å². The van der Waals surface area contributed by atoms with Crippen molar-refractivity contribution in [3.8, 4) is 17.1 Å². The molecule has 22 heavy (non-hydrogen) atoms. The fraction of sp³-hybridized carbons (Fsp3) is 0.412. The number of morpholine rings is 1. The second kappa shape index (κ2) is 6.85. The van der Waals surface area contributed by atoms with Crippen LogP contribution in [0.3, 0.4) is 0 Å². The van der Waals surface area contributed by atoms with E-state index >= 15 is 0 Å². The van der Waals surface area contributed by atoms with Gasteiger partial charge in [-0.05, 0) is 18.6 Å². The Morgan fingerprint density at radius 2 is 1.77 bits per heavy atom. The largest absolute Gasteiger partial charge is 0.480 e. The highest BCUT2D eigenvalue weighted by Crippen LogP contribution is 2.24. The highest BCUT2D eigenvalue weighted by atomic mass is 16.5. The normalized spacial score (nSPS) is 17.2. The first kappa shape index (κ1) is 14.9. The van der Waals surface area contributed by atoms with E-state index < -0.39 is 0 Å². The third kappa shape index (κ3) is 3.26. The first-order chi connectivity index (χ1) is 10.8. The van der Waals surface area contributed by atoms with E-state index in [1.165, 1.54) is 5.56 Å². The number of hydrogen-bond acceptors (Lipinski definition) is 5. The molecule has 5 heteroatoms. The summed E-state index contributed by atoms with van der Waals surface area (Å²) in [6, 6.07) is 12.7. The Labute approximate surface area is 130 Å². The van der Waals surface area contributed by atoms with Crippen LogP contribution in [-0.4, -0.2) is 48.5 Å². The summed E-state index contributed by atoms with van der Waals surface area (Å²) in [4.78, 5) is 2.45. The molecule has 0 amide bonds. The van der Waals surface area contributed by atoms with Gasteiger partial charge in [0.15, 0.2) is 0 Å². The number of benzene rings is 1. The minimum absolute atomic E-state index is 0.403. The van der Waals surface area contributed by atoms with Gasteiger partial charge in [-0.2, -0.15) is 0 Å². The average molecular weight is 299 g/mol. The van der Waals surface area contributed by atoms with E-state index in [-0.39, 0.29) is 0 Å². The zero-order valence-corrected chi connectivity index (χ0v) is 13.0. The number of aromatic nitrogens is 2. The average Bonchev–Trinajstić information content (AvgIpc) is 2.62. The lowest BCUT2D eigenvalue weighted by atomic mass is 10.0. The molecule has 1 atom stereocenters. The van der Waals surface area contributed by atoms with Gasteiger partial charge in [-0.1, -0.05) is 24.3 Å². The van der Waals surface area contributed by atoms with Gasteiger partial charge in [0.05, 0.1) is 26.0 Å². The van der Waals surface area contributed by atoms with Crippen molar-refractivity contribution in [2.24, 2.45) is 0 Å². The number of methoxy groups -OCH3 is 1. The lowest BCUT2D eigenvalue weighted by Crippen LogP contribution is -2.37. The van der Waals surface area contributed by atoms with Crippen molar-refractivity contribution in [1.29, 1.82) is 0 Å². The molecule has 0 aliphatic carbocycles. The Morgan fingerprint density at radius 3 is 2.36 bits per heavy atom. The van der Waals surface area contributed by atoms with Crippen molar-refractivity contribution >= 4 is 0 Å². The molecule has 116 valence electrons. The summed E-state index contributed by atoms with van der Waals surface area (Å²) >= 11 is 0. The van der Waals surface area contributed by atoms with E-state index in [0.717, 1.165) is 37.6 Å².